The third kappa shape index (κ3) is 5.83. The minimum Gasteiger partial charge on any atom is -0.326 e. The van der Waals surface area contributed by atoms with Gasteiger partial charge in [0, 0.05) is 36.0 Å². The average Bonchev–Trinajstić information content (AvgIpc) is 2.58. The second-order valence-corrected chi connectivity index (χ2v) is 8.76. The van der Waals surface area contributed by atoms with Gasteiger partial charge in [0.15, 0.2) is 9.84 Å². The average molecular weight is 395 g/mol. The maximum Gasteiger partial charge on any atom is 0.225 e. The number of rotatable bonds is 7. The van der Waals surface area contributed by atoms with Crippen molar-refractivity contribution in [2.45, 2.75) is 24.3 Å². The lowest BCUT2D eigenvalue weighted by Gasteiger charge is -2.25. The zero-order chi connectivity index (χ0) is 19.3. The van der Waals surface area contributed by atoms with Crippen LogP contribution < -0.4 is 5.32 Å². The van der Waals surface area contributed by atoms with E-state index in [9.17, 15) is 13.2 Å². The highest BCUT2D eigenvalue weighted by Crippen LogP contribution is 2.21. The third-order valence-corrected chi connectivity index (χ3v) is 5.62. The summed E-state index contributed by atoms with van der Waals surface area (Å²) in [6.07, 6.45) is 1.53. The second-order valence-electron chi connectivity index (χ2n) is 6.31. The molecule has 2 aromatic carbocycles. The van der Waals surface area contributed by atoms with Crippen LogP contribution >= 0.6 is 11.6 Å². The molecule has 1 N–H and O–H groups in total. The van der Waals surface area contributed by atoms with Crippen LogP contribution in [0.3, 0.4) is 0 Å². The fraction of sp³-hybridized carbons (Fsp3) is 0.316. The molecule has 26 heavy (non-hydrogen) atoms. The van der Waals surface area contributed by atoms with Gasteiger partial charge in [-0.25, -0.2) is 8.42 Å². The minimum absolute atomic E-state index is 0.0579. The van der Waals surface area contributed by atoms with E-state index in [1.54, 1.807) is 36.4 Å². The van der Waals surface area contributed by atoms with Crippen molar-refractivity contribution in [2.75, 3.05) is 25.2 Å². The first-order chi connectivity index (χ1) is 12.2. The lowest BCUT2D eigenvalue weighted by atomic mass is 10.1. The summed E-state index contributed by atoms with van der Waals surface area (Å²) in [5.41, 5.74) is 1.67. The van der Waals surface area contributed by atoms with E-state index < -0.39 is 9.84 Å². The van der Waals surface area contributed by atoms with Gasteiger partial charge in [-0.1, -0.05) is 29.8 Å². The van der Waals surface area contributed by atoms with Gasteiger partial charge in [0.25, 0.3) is 0 Å². The zero-order valence-electron chi connectivity index (χ0n) is 15.1. The standard InChI is InChI=1S/C19H23ClN2O3S/c1-14(15-7-9-18(10-8-15)26(3,24)25)22(2)12-11-19(23)21-17-6-4-5-16(20)13-17/h4-10,13-14H,11-12H2,1-3H3,(H,21,23)/t14-/m0/s1. The van der Waals surface area contributed by atoms with Crippen LogP contribution in [0.25, 0.3) is 0 Å². The van der Waals surface area contributed by atoms with Crippen molar-refractivity contribution in [1.82, 2.24) is 4.90 Å². The Balaban J connectivity index is 1.90. The Bertz CT molecular complexity index is 867. The monoisotopic (exact) mass is 394 g/mol. The molecule has 0 aromatic heterocycles. The molecular weight excluding hydrogens is 372 g/mol. The van der Waals surface area contributed by atoms with Gasteiger partial charge in [0.05, 0.1) is 4.90 Å². The molecule has 2 rings (SSSR count). The Hall–Kier alpha value is -1.89. The third-order valence-electron chi connectivity index (χ3n) is 4.25. The summed E-state index contributed by atoms with van der Waals surface area (Å²) >= 11 is 5.91. The molecule has 0 spiro atoms. The first kappa shape index (κ1) is 20.4. The van der Waals surface area contributed by atoms with Crippen molar-refractivity contribution >= 4 is 33.0 Å². The molecule has 1 atom stereocenters. The molecule has 0 aliphatic carbocycles. The highest BCUT2D eigenvalue weighted by Gasteiger charge is 2.14. The smallest absolute Gasteiger partial charge is 0.225 e. The van der Waals surface area contributed by atoms with Crippen LogP contribution in [0.15, 0.2) is 53.4 Å². The lowest BCUT2D eigenvalue weighted by Crippen LogP contribution is -2.27. The molecule has 0 radical (unpaired) electrons. The van der Waals surface area contributed by atoms with Crippen LogP contribution in [0.5, 0.6) is 0 Å². The van der Waals surface area contributed by atoms with Gasteiger partial charge in [0.2, 0.25) is 5.91 Å². The predicted molar refractivity (Wildman–Crippen MR) is 105 cm³/mol. The number of hydrogen-bond donors (Lipinski definition) is 1. The Morgan fingerprint density at radius 2 is 1.85 bits per heavy atom. The molecule has 1 amide bonds. The lowest BCUT2D eigenvalue weighted by molar-refractivity contribution is -0.116. The van der Waals surface area contributed by atoms with Crippen molar-refractivity contribution in [3.05, 3.63) is 59.1 Å². The summed E-state index contributed by atoms with van der Waals surface area (Å²) in [6.45, 7) is 2.59. The SMILES string of the molecule is C[C@@H](c1ccc(S(C)(=O)=O)cc1)N(C)CCC(=O)Nc1cccc(Cl)c1. The molecule has 0 heterocycles. The van der Waals surface area contributed by atoms with Gasteiger partial charge < -0.3 is 5.32 Å². The van der Waals surface area contributed by atoms with E-state index in [0.717, 1.165) is 5.56 Å². The summed E-state index contributed by atoms with van der Waals surface area (Å²) in [4.78, 5) is 14.4. The summed E-state index contributed by atoms with van der Waals surface area (Å²) in [5.74, 6) is -0.0845. The van der Waals surface area contributed by atoms with E-state index in [0.29, 0.717) is 28.6 Å². The number of halogens is 1. The van der Waals surface area contributed by atoms with E-state index >= 15 is 0 Å². The topological polar surface area (TPSA) is 66.5 Å². The van der Waals surface area contributed by atoms with Gasteiger partial charge in [-0.15, -0.1) is 0 Å². The second kappa shape index (κ2) is 8.66. The van der Waals surface area contributed by atoms with Crippen LogP contribution in [-0.4, -0.2) is 39.1 Å². The van der Waals surface area contributed by atoms with Crippen LogP contribution in [0, 0.1) is 0 Å². The normalized spacial score (nSPS) is 12.8. The molecule has 0 bridgehead atoms. The summed E-state index contributed by atoms with van der Waals surface area (Å²) in [5, 5.41) is 3.40. The largest absolute Gasteiger partial charge is 0.326 e. The van der Waals surface area contributed by atoms with Crippen molar-refractivity contribution in [3.63, 3.8) is 0 Å². The van der Waals surface area contributed by atoms with E-state index in [-0.39, 0.29) is 11.9 Å². The van der Waals surface area contributed by atoms with Crippen LogP contribution in [0.2, 0.25) is 5.02 Å². The maximum absolute atomic E-state index is 12.1. The number of carbonyl (C=O) groups is 1. The molecule has 2 aromatic rings. The Labute approximate surface area is 159 Å². The summed E-state index contributed by atoms with van der Waals surface area (Å²) in [6, 6.07) is 13.9. The van der Waals surface area contributed by atoms with Crippen molar-refractivity contribution < 1.29 is 13.2 Å². The highest BCUT2D eigenvalue weighted by atomic mass is 35.5. The number of hydrogen-bond acceptors (Lipinski definition) is 4. The van der Waals surface area contributed by atoms with Crippen molar-refractivity contribution in [1.29, 1.82) is 0 Å². The van der Waals surface area contributed by atoms with E-state index in [1.807, 2.05) is 31.0 Å². The summed E-state index contributed by atoms with van der Waals surface area (Å²) < 4.78 is 23.1. The zero-order valence-corrected chi connectivity index (χ0v) is 16.6. The molecule has 0 aliphatic heterocycles. The molecule has 0 saturated carbocycles. The van der Waals surface area contributed by atoms with E-state index in [2.05, 4.69) is 5.32 Å². The number of benzene rings is 2. The highest BCUT2D eigenvalue weighted by molar-refractivity contribution is 7.90. The summed E-state index contributed by atoms with van der Waals surface area (Å²) in [7, 11) is -1.26. The predicted octanol–water partition coefficient (Wildman–Crippen LogP) is 3.77. The van der Waals surface area contributed by atoms with Gasteiger partial charge in [0.1, 0.15) is 0 Å². The first-order valence-electron chi connectivity index (χ1n) is 8.22. The Morgan fingerprint density at radius 1 is 1.19 bits per heavy atom. The Kier molecular flexibility index (Phi) is 6.81. The number of sulfone groups is 1. The van der Waals surface area contributed by atoms with Gasteiger partial charge >= 0.3 is 0 Å². The molecule has 140 valence electrons. The van der Waals surface area contributed by atoms with Crippen molar-refractivity contribution in [3.8, 4) is 0 Å². The number of nitrogens with one attached hydrogen (secondary N) is 1. The van der Waals surface area contributed by atoms with E-state index in [4.69, 9.17) is 11.6 Å². The van der Waals surface area contributed by atoms with Crippen molar-refractivity contribution in [2.24, 2.45) is 0 Å². The molecule has 0 saturated heterocycles. The molecule has 5 nitrogen and oxygen atoms in total. The molecule has 0 fully saturated rings. The van der Waals surface area contributed by atoms with Crippen LogP contribution in [0.1, 0.15) is 24.9 Å². The van der Waals surface area contributed by atoms with E-state index in [1.165, 1.54) is 6.26 Å². The fourth-order valence-corrected chi connectivity index (χ4v) is 3.33. The van der Waals surface area contributed by atoms with Gasteiger partial charge in [-0.3, -0.25) is 9.69 Å². The minimum atomic E-state index is -3.20. The van der Waals surface area contributed by atoms with Crippen LogP contribution in [-0.2, 0) is 14.6 Å². The van der Waals surface area contributed by atoms with Gasteiger partial charge in [-0.05, 0) is 49.9 Å². The van der Waals surface area contributed by atoms with Crippen LogP contribution in [0.4, 0.5) is 5.69 Å². The molecular formula is C19H23ClN2O3S. The Morgan fingerprint density at radius 3 is 2.42 bits per heavy atom. The number of amides is 1. The molecule has 0 aliphatic rings. The quantitative estimate of drug-likeness (QED) is 0.776. The first-order valence-corrected chi connectivity index (χ1v) is 10.5. The molecule has 0 unspecified atom stereocenters. The fourth-order valence-electron chi connectivity index (χ4n) is 2.51. The van der Waals surface area contributed by atoms with Gasteiger partial charge in [-0.2, -0.15) is 0 Å². The number of nitrogens with zero attached hydrogens (tertiary/aromatic N) is 1. The maximum atomic E-state index is 12.1. The number of carbonyl (C=O) groups excluding carboxylic acids is 1. The molecule has 7 heteroatoms. The number of anilines is 1.